The second-order valence-corrected chi connectivity index (χ2v) is 3.42. The third-order valence-corrected chi connectivity index (χ3v) is 2.41. The van der Waals surface area contributed by atoms with E-state index in [0.717, 1.165) is 11.3 Å². The van der Waals surface area contributed by atoms with Gasteiger partial charge in [-0.25, -0.2) is 4.79 Å². The Morgan fingerprint density at radius 1 is 1.73 bits per heavy atom. The molecule has 0 N–H and O–H groups in total. The molecule has 15 heavy (non-hydrogen) atoms. The molecule has 0 aliphatic carbocycles. The number of thiophene rings is 1. The molecule has 0 fully saturated rings. The van der Waals surface area contributed by atoms with E-state index in [1.54, 1.807) is 18.4 Å². The second-order valence-electron chi connectivity index (χ2n) is 2.52. The summed E-state index contributed by atoms with van der Waals surface area (Å²) in [6.45, 7) is 1.98. The SMILES string of the molecule is CCOC(=O)/C=C\c1ccsc1[N+](=O)[O-]. The van der Waals surface area contributed by atoms with E-state index in [-0.39, 0.29) is 11.6 Å². The van der Waals surface area contributed by atoms with Crippen molar-refractivity contribution in [1.29, 1.82) is 0 Å². The fraction of sp³-hybridized carbons (Fsp3) is 0.222. The lowest BCUT2D eigenvalue weighted by atomic mass is 10.3. The zero-order valence-corrected chi connectivity index (χ0v) is 8.82. The van der Waals surface area contributed by atoms with E-state index >= 15 is 0 Å². The number of ether oxygens (including phenoxy) is 1. The predicted octanol–water partition coefficient (Wildman–Crippen LogP) is 2.23. The van der Waals surface area contributed by atoms with Crippen molar-refractivity contribution in [3.05, 3.63) is 33.2 Å². The van der Waals surface area contributed by atoms with Gasteiger partial charge >= 0.3 is 11.0 Å². The lowest BCUT2D eigenvalue weighted by Gasteiger charge is -1.93. The van der Waals surface area contributed by atoms with Gasteiger partial charge in [0.1, 0.15) is 0 Å². The fourth-order valence-corrected chi connectivity index (χ4v) is 1.64. The summed E-state index contributed by atoms with van der Waals surface area (Å²) in [4.78, 5) is 21.0. The Kier molecular flexibility index (Phi) is 3.99. The van der Waals surface area contributed by atoms with Crippen molar-refractivity contribution in [2.24, 2.45) is 0 Å². The van der Waals surface area contributed by atoms with Gasteiger partial charge in [-0.05, 0) is 24.4 Å². The van der Waals surface area contributed by atoms with Crippen molar-refractivity contribution in [2.45, 2.75) is 6.92 Å². The van der Waals surface area contributed by atoms with Crippen LogP contribution < -0.4 is 0 Å². The molecule has 0 atom stereocenters. The quantitative estimate of drug-likeness (QED) is 0.342. The van der Waals surface area contributed by atoms with Gasteiger partial charge in [-0.15, -0.1) is 0 Å². The van der Waals surface area contributed by atoms with Crippen molar-refractivity contribution in [3.8, 4) is 0 Å². The molecule has 6 heteroatoms. The van der Waals surface area contributed by atoms with Crippen LogP contribution in [0.15, 0.2) is 17.5 Å². The number of esters is 1. The van der Waals surface area contributed by atoms with Crippen LogP contribution in [0.3, 0.4) is 0 Å². The first-order chi connectivity index (χ1) is 7.15. The highest BCUT2D eigenvalue weighted by atomic mass is 32.1. The molecular formula is C9H9NO4S. The molecule has 0 saturated carbocycles. The zero-order valence-electron chi connectivity index (χ0n) is 8.00. The van der Waals surface area contributed by atoms with Crippen LogP contribution in [0.5, 0.6) is 0 Å². The van der Waals surface area contributed by atoms with Gasteiger partial charge < -0.3 is 4.74 Å². The summed E-state index contributed by atoms with van der Waals surface area (Å²) >= 11 is 1.02. The van der Waals surface area contributed by atoms with Gasteiger partial charge in [-0.1, -0.05) is 11.3 Å². The van der Waals surface area contributed by atoms with Crippen LogP contribution in [0.4, 0.5) is 5.00 Å². The Morgan fingerprint density at radius 2 is 2.47 bits per heavy atom. The van der Waals surface area contributed by atoms with Crippen LogP contribution in [-0.2, 0) is 9.53 Å². The molecule has 0 aromatic carbocycles. The molecule has 1 aromatic heterocycles. The maximum absolute atomic E-state index is 10.9. The Morgan fingerprint density at radius 3 is 3.07 bits per heavy atom. The first kappa shape index (κ1) is 11.4. The van der Waals surface area contributed by atoms with Gasteiger partial charge in [0, 0.05) is 6.08 Å². The molecule has 0 bridgehead atoms. The molecule has 1 rings (SSSR count). The summed E-state index contributed by atoms with van der Waals surface area (Å²) in [5.74, 6) is -0.502. The van der Waals surface area contributed by atoms with E-state index in [1.165, 1.54) is 12.2 Å². The first-order valence-corrected chi connectivity index (χ1v) is 5.09. The minimum Gasteiger partial charge on any atom is -0.463 e. The molecule has 0 unspecified atom stereocenters. The molecular weight excluding hydrogens is 218 g/mol. The van der Waals surface area contributed by atoms with Crippen LogP contribution in [0.2, 0.25) is 0 Å². The molecule has 0 aliphatic rings. The Balaban J connectivity index is 2.76. The molecule has 5 nitrogen and oxygen atoms in total. The van der Waals surface area contributed by atoms with Crippen LogP contribution >= 0.6 is 11.3 Å². The number of carbonyl (C=O) groups excluding carboxylic acids is 1. The summed E-state index contributed by atoms with van der Waals surface area (Å²) in [6.07, 6.45) is 2.56. The molecule has 0 spiro atoms. The molecule has 0 aliphatic heterocycles. The van der Waals surface area contributed by atoms with Crippen molar-refractivity contribution in [3.63, 3.8) is 0 Å². The lowest BCUT2D eigenvalue weighted by Crippen LogP contribution is -1.98. The highest BCUT2D eigenvalue weighted by molar-refractivity contribution is 7.13. The highest BCUT2D eigenvalue weighted by Crippen LogP contribution is 2.26. The lowest BCUT2D eigenvalue weighted by molar-refractivity contribution is -0.380. The number of rotatable bonds is 4. The monoisotopic (exact) mass is 227 g/mol. The minimum atomic E-state index is -0.502. The maximum Gasteiger partial charge on any atom is 0.331 e. The summed E-state index contributed by atoms with van der Waals surface area (Å²) in [5.41, 5.74) is 0.415. The molecule has 0 amide bonds. The summed E-state index contributed by atoms with van der Waals surface area (Å²) in [5, 5.41) is 12.1. The van der Waals surface area contributed by atoms with Crippen LogP contribution in [-0.4, -0.2) is 17.5 Å². The standard InChI is InChI=1S/C9H9NO4S/c1-2-14-8(11)4-3-7-5-6-15-9(7)10(12)13/h3-6H,2H2,1H3/b4-3-. The average molecular weight is 227 g/mol. The smallest absolute Gasteiger partial charge is 0.331 e. The first-order valence-electron chi connectivity index (χ1n) is 4.22. The number of nitro groups is 1. The van der Waals surface area contributed by atoms with E-state index in [1.807, 2.05) is 0 Å². The Labute approximate surface area is 90.1 Å². The predicted molar refractivity (Wildman–Crippen MR) is 56.6 cm³/mol. The Bertz CT molecular complexity index is 397. The third-order valence-electron chi connectivity index (χ3n) is 1.53. The van der Waals surface area contributed by atoms with E-state index in [2.05, 4.69) is 4.74 Å². The summed E-state index contributed by atoms with van der Waals surface area (Å²) in [6, 6.07) is 1.58. The second kappa shape index (κ2) is 5.26. The summed E-state index contributed by atoms with van der Waals surface area (Å²) in [7, 11) is 0. The Hall–Kier alpha value is -1.69. The van der Waals surface area contributed by atoms with E-state index in [9.17, 15) is 14.9 Å². The molecule has 80 valence electrons. The normalized spacial score (nSPS) is 10.5. The van der Waals surface area contributed by atoms with E-state index in [0.29, 0.717) is 5.56 Å². The van der Waals surface area contributed by atoms with Crippen molar-refractivity contribution in [1.82, 2.24) is 0 Å². The number of hydrogen-bond acceptors (Lipinski definition) is 5. The van der Waals surface area contributed by atoms with Gasteiger partial charge in [-0.3, -0.25) is 10.1 Å². The van der Waals surface area contributed by atoms with E-state index in [4.69, 9.17) is 0 Å². The van der Waals surface area contributed by atoms with Crippen molar-refractivity contribution in [2.75, 3.05) is 6.61 Å². The average Bonchev–Trinajstić information content (AvgIpc) is 2.63. The van der Waals surface area contributed by atoms with Crippen molar-refractivity contribution >= 4 is 28.4 Å². The maximum atomic E-state index is 10.9. The fourth-order valence-electron chi connectivity index (χ4n) is 0.935. The minimum absolute atomic E-state index is 0.0237. The largest absolute Gasteiger partial charge is 0.463 e. The van der Waals surface area contributed by atoms with E-state index < -0.39 is 10.9 Å². The third kappa shape index (κ3) is 3.17. The highest BCUT2D eigenvalue weighted by Gasteiger charge is 2.12. The molecule has 0 saturated heterocycles. The van der Waals surface area contributed by atoms with Gasteiger partial charge in [-0.2, -0.15) is 0 Å². The van der Waals surface area contributed by atoms with Gasteiger partial charge in [0.25, 0.3) is 0 Å². The van der Waals surface area contributed by atoms with Gasteiger partial charge in [0.15, 0.2) is 0 Å². The number of carbonyl (C=O) groups is 1. The summed E-state index contributed by atoms with van der Waals surface area (Å²) < 4.78 is 4.65. The van der Waals surface area contributed by atoms with Crippen molar-refractivity contribution < 1.29 is 14.5 Å². The zero-order chi connectivity index (χ0) is 11.3. The number of hydrogen-bond donors (Lipinski definition) is 0. The van der Waals surface area contributed by atoms with Crippen LogP contribution in [0.1, 0.15) is 12.5 Å². The van der Waals surface area contributed by atoms with Crippen LogP contribution in [0, 0.1) is 10.1 Å². The van der Waals surface area contributed by atoms with Gasteiger partial charge in [0.05, 0.1) is 17.1 Å². The topological polar surface area (TPSA) is 69.4 Å². The molecule has 1 heterocycles. The molecule has 1 aromatic rings. The number of nitrogens with zero attached hydrogens (tertiary/aromatic N) is 1. The van der Waals surface area contributed by atoms with Gasteiger partial charge in [0.2, 0.25) is 0 Å². The van der Waals surface area contributed by atoms with Crippen LogP contribution in [0.25, 0.3) is 6.08 Å². The molecule has 0 radical (unpaired) electrons.